The first-order valence-corrected chi connectivity index (χ1v) is 13.1. The normalized spacial score (nSPS) is 11.0. The summed E-state index contributed by atoms with van der Waals surface area (Å²) in [5.74, 6) is -0.713. The number of amides is 1. The number of thioether (sulfide) groups is 1. The summed E-state index contributed by atoms with van der Waals surface area (Å²) in [4.78, 5) is 38.1. The summed E-state index contributed by atoms with van der Waals surface area (Å²) in [5.41, 5.74) is 4.49. The molecule has 1 amide bonds. The van der Waals surface area contributed by atoms with Crippen LogP contribution >= 0.6 is 11.8 Å². The molecule has 0 aliphatic heterocycles. The predicted molar refractivity (Wildman–Crippen MR) is 155 cm³/mol. The molecular weight excluding hydrogens is 510 g/mol. The zero-order chi connectivity index (χ0) is 28.0. The molecule has 0 atom stereocenters. The second kappa shape index (κ2) is 12.0. The molecule has 4 aromatic rings. The van der Waals surface area contributed by atoms with E-state index in [-0.39, 0.29) is 5.91 Å². The van der Waals surface area contributed by atoms with E-state index < -0.39 is 16.9 Å². The Bertz CT molecular complexity index is 1510. The van der Waals surface area contributed by atoms with Crippen molar-refractivity contribution in [3.8, 4) is 22.3 Å². The third-order valence-electron chi connectivity index (χ3n) is 5.64. The van der Waals surface area contributed by atoms with Crippen molar-refractivity contribution in [3.63, 3.8) is 0 Å². The van der Waals surface area contributed by atoms with E-state index in [1.807, 2.05) is 60.7 Å². The molecule has 4 aromatic carbocycles. The molecule has 1 N–H and O–H groups in total. The minimum atomic E-state index is -0.595. The van der Waals surface area contributed by atoms with Crippen molar-refractivity contribution in [2.45, 2.75) is 31.3 Å². The van der Waals surface area contributed by atoms with Gasteiger partial charge in [0.1, 0.15) is 5.60 Å². The van der Waals surface area contributed by atoms with Crippen LogP contribution in [0.3, 0.4) is 0 Å². The molecule has 0 aliphatic carbocycles. The Labute approximate surface area is 232 Å². The van der Waals surface area contributed by atoms with Crippen LogP contribution in [0, 0.1) is 0 Å². The Kier molecular flexibility index (Phi) is 8.52. The fraction of sp³-hybridized carbons (Fsp3) is 0.156. The highest BCUT2D eigenvalue weighted by atomic mass is 32.2. The van der Waals surface area contributed by atoms with Crippen LogP contribution in [0.5, 0.6) is 0 Å². The van der Waals surface area contributed by atoms with Crippen LogP contribution in [0.4, 0.5) is 10.5 Å². The van der Waals surface area contributed by atoms with Crippen molar-refractivity contribution in [1.29, 1.82) is 0 Å². The highest BCUT2D eigenvalue weighted by molar-refractivity contribution is 8.13. The van der Waals surface area contributed by atoms with Crippen LogP contribution in [0.15, 0.2) is 102 Å². The molecule has 0 saturated heterocycles. The molecule has 39 heavy (non-hydrogen) atoms. The van der Waals surface area contributed by atoms with Crippen molar-refractivity contribution >= 4 is 34.6 Å². The Morgan fingerprint density at radius 1 is 0.718 bits per heavy atom. The maximum atomic E-state index is 13.1. The maximum Gasteiger partial charge on any atom is 0.372 e. The van der Waals surface area contributed by atoms with E-state index in [4.69, 9.17) is 9.47 Å². The molecule has 0 bridgehead atoms. The highest BCUT2D eigenvalue weighted by Gasteiger charge is 2.18. The summed E-state index contributed by atoms with van der Waals surface area (Å²) >= 11 is 0.938. The van der Waals surface area contributed by atoms with Crippen molar-refractivity contribution in [2.75, 3.05) is 12.4 Å². The van der Waals surface area contributed by atoms with Crippen LogP contribution in [-0.4, -0.2) is 29.9 Å². The van der Waals surface area contributed by atoms with Gasteiger partial charge in [0.15, 0.2) is 0 Å². The first kappa shape index (κ1) is 27.7. The van der Waals surface area contributed by atoms with E-state index in [1.165, 1.54) is 7.11 Å². The smallest absolute Gasteiger partial charge is 0.372 e. The van der Waals surface area contributed by atoms with Gasteiger partial charge in [0.25, 0.3) is 5.91 Å². The fourth-order valence-electron chi connectivity index (χ4n) is 3.93. The number of carbonyl (C=O) groups excluding carboxylic acids is 3. The largest absolute Gasteiger partial charge is 0.465 e. The first-order chi connectivity index (χ1) is 18.6. The number of rotatable bonds is 6. The molecule has 0 fully saturated rings. The van der Waals surface area contributed by atoms with Gasteiger partial charge >= 0.3 is 11.3 Å². The molecule has 0 spiro atoms. The van der Waals surface area contributed by atoms with Crippen molar-refractivity contribution < 1.29 is 23.9 Å². The molecule has 0 unspecified atom stereocenters. The third-order valence-corrected chi connectivity index (χ3v) is 6.38. The monoisotopic (exact) mass is 539 g/mol. The number of esters is 1. The van der Waals surface area contributed by atoms with Crippen molar-refractivity contribution in [1.82, 2.24) is 0 Å². The number of hydrogen-bond acceptors (Lipinski definition) is 6. The minimum absolute atomic E-state index is 0.305. The summed E-state index contributed by atoms with van der Waals surface area (Å²) in [6, 6.07) is 29.6. The maximum absolute atomic E-state index is 13.1. The van der Waals surface area contributed by atoms with Gasteiger partial charge in [-0.1, -0.05) is 54.6 Å². The molecule has 6 nitrogen and oxygen atoms in total. The molecule has 7 heteroatoms. The SMILES string of the molecule is COC(=O)c1cccc(-c2ccc(NC(=O)c3cccc(SC(=O)OC(C)(C)C)c3)cc2-c2ccccc2)c1. The summed E-state index contributed by atoms with van der Waals surface area (Å²) < 4.78 is 10.2. The molecule has 0 heterocycles. The van der Waals surface area contributed by atoms with Crippen LogP contribution in [-0.2, 0) is 9.47 Å². The lowest BCUT2D eigenvalue weighted by atomic mass is 9.93. The minimum Gasteiger partial charge on any atom is -0.465 e. The van der Waals surface area contributed by atoms with Gasteiger partial charge < -0.3 is 14.8 Å². The summed E-state index contributed by atoms with van der Waals surface area (Å²) in [5, 5.41) is 2.53. The third kappa shape index (κ3) is 7.36. The van der Waals surface area contributed by atoms with E-state index in [9.17, 15) is 14.4 Å². The lowest BCUT2D eigenvalue weighted by Crippen LogP contribution is -2.21. The Hall–Kier alpha value is -4.36. The van der Waals surface area contributed by atoms with E-state index >= 15 is 0 Å². The standard InChI is InChI=1S/C32H29NO5S/c1-32(2,3)38-31(36)39-26-15-9-13-23(19-26)29(34)33-25-16-17-27(28(20-25)21-10-6-5-7-11-21)22-12-8-14-24(18-22)30(35)37-4/h5-20H,1-4H3,(H,33,34). The van der Waals surface area contributed by atoms with Gasteiger partial charge in [-0.15, -0.1) is 0 Å². The highest BCUT2D eigenvalue weighted by Crippen LogP contribution is 2.35. The summed E-state index contributed by atoms with van der Waals surface area (Å²) in [6.45, 7) is 5.42. The van der Waals surface area contributed by atoms with Crippen molar-refractivity contribution in [2.24, 2.45) is 0 Å². The summed E-state index contributed by atoms with van der Waals surface area (Å²) in [6.07, 6.45) is 0. The van der Waals surface area contributed by atoms with Gasteiger partial charge in [-0.2, -0.15) is 0 Å². The van der Waals surface area contributed by atoms with Crippen molar-refractivity contribution in [3.05, 3.63) is 108 Å². The van der Waals surface area contributed by atoms with Gasteiger partial charge in [0, 0.05) is 16.1 Å². The quantitative estimate of drug-likeness (QED) is 0.197. The number of methoxy groups -OCH3 is 1. The van der Waals surface area contributed by atoms with E-state index in [1.54, 1.807) is 57.2 Å². The Morgan fingerprint density at radius 3 is 2.13 bits per heavy atom. The lowest BCUT2D eigenvalue weighted by Gasteiger charge is -2.18. The summed E-state index contributed by atoms with van der Waals surface area (Å²) in [7, 11) is 1.35. The predicted octanol–water partition coefficient (Wildman–Crippen LogP) is 8.09. The zero-order valence-electron chi connectivity index (χ0n) is 22.2. The number of benzene rings is 4. The number of hydrogen-bond donors (Lipinski definition) is 1. The van der Waals surface area contributed by atoms with Crippen LogP contribution in [0.25, 0.3) is 22.3 Å². The van der Waals surface area contributed by atoms with Gasteiger partial charge in [0.05, 0.1) is 12.7 Å². The Morgan fingerprint density at radius 2 is 1.41 bits per heavy atom. The number of ether oxygens (including phenoxy) is 2. The number of anilines is 1. The topological polar surface area (TPSA) is 81.7 Å². The van der Waals surface area contributed by atoms with E-state index in [2.05, 4.69) is 5.32 Å². The molecule has 198 valence electrons. The molecule has 0 aliphatic rings. The molecule has 4 rings (SSSR count). The molecule has 0 aromatic heterocycles. The van der Waals surface area contributed by atoms with Gasteiger partial charge in [-0.25, -0.2) is 9.59 Å². The van der Waals surface area contributed by atoms with Crippen LogP contribution in [0.1, 0.15) is 41.5 Å². The second-order valence-electron chi connectivity index (χ2n) is 9.75. The van der Waals surface area contributed by atoms with Gasteiger partial charge in [-0.05, 0) is 97.3 Å². The number of carbonyl (C=O) groups is 3. The van der Waals surface area contributed by atoms with E-state index in [0.29, 0.717) is 21.7 Å². The van der Waals surface area contributed by atoms with Crippen LogP contribution < -0.4 is 5.32 Å². The van der Waals surface area contributed by atoms with Gasteiger partial charge in [-0.3, -0.25) is 4.79 Å². The zero-order valence-corrected chi connectivity index (χ0v) is 23.0. The average Bonchev–Trinajstić information content (AvgIpc) is 2.92. The number of nitrogens with one attached hydrogen (secondary N) is 1. The second-order valence-corrected chi connectivity index (χ2v) is 10.8. The fourth-order valence-corrected chi connectivity index (χ4v) is 4.75. The van der Waals surface area contributed by atoms with Gasteiger partial charge in [0.2, 0.25) is 0 Å². The molecular formula is C32H29NO5S. The Balaban J connectivity index is 1.62. The van der Waals surface area contributed by atoms with E-state index in [0.717, 1.165) is 34.0 Å². The average molecular weight is 540 g/mol. The lowest BCUT2D eigenvalue weighted by molar-refractivity contribution is 0.0600. The first-order valence-electron chi connectivity index (χ1n) is 12.3. The molecule has 0 saturated carbocycles. The molecule has 0 radical (unpaired) electrons. The van der Waals surface area contributed by atoms with Crippen LogP contribution in [0.2, 0.25) is 0 Å².